The Morgan fingerprint density at radius 1 is 1.33 bits per heavy atom. The summed E-state index contributed by atoms with van der Waals surface area (Å²) in [7, 11) is 0. The second-order valence-electron chi connectivity index (χ2n) is 5.03. The summed E-state index contributed by atoms with van der Waals surface area (Å²) in [6.45, 7) is 7.59. The summed E-state index contributed by atoms with van der Waals surface area (Å²) in [5.74, 6) is 0. The maximum absolute atomic E-state index is 4.74. The second kappa shape index (κ2) is 5.08. The number of aryl methyl sites for hydroxylation is 1. The molecule has 1 fully saturated rings. The van der Waals surface area contributed by atoms with E-state index in [2.05, 4.69) is 46.1 Å². The third-order valence-corrected chi connectivity index (χ3v) is 3.55. The van der Waals surface area contributed by atoms with Crippen LogP contribution in [0.3, 0.4) is 0 Å². The Kier molecular flexibility index (Phi) is 3.30. The number of pyridine rings is 1. The summed E-state index contributed by atoms with van der Waals surface area (Å²) >= 11 is 0. The van der Waals surface area contributed by atoms with Gasteiger partial charge in [0.2, 0.25) is 0 Å². The van der Waals surface area contributed by atoms with Crippen molar-refractivity contribution in [1.82, 2.24) is 19.6 Å². The van der Waals surface area contributed by atoms with Gasteiger partial charge in [-0.1, -0.05) is 6.07 Å². The third-order valence-electron chi connectivity index (χ3n) is 3.55. The number of fused-ring (bicyclic) bond motifs is 1. The molecule has 0 amide bonds. The average molecular weight is 244 g/mol. The molecule has 3 heterocycles. The van der Waals surface area contributed by atoms with E-state index in [1.807, 2.05) is 0 Å². The quantitative estimate of drug-likeness (QED) is 0.867. The van der Waals surface area contributed by atoms with Gasteiger partial charge in [-0.2, -0.15) is 0 Å². The largest absolute Gasteiger partial charge is 0.315 e. The molecule has 0 aliphatic carbocycles. The van der Waals surface area contributed by atoms with Crippen molar-refractivity contribution in [3.8, 4) is 0 Å². The van der Waals surface area contributed by atoms with E-state index >= 15 is 0 Å². The highest BCUT2D eigenvalue weighted by Crippen LogP contribution is 2.12. The van der Waals surface area contributed by atoms with E-state index in [9.17, 15) is 0 Å². The van der Waals surface area contributed by atoms with Gasteiger partial charge in [0, 0.05) is 32.0 Å². The van der Waals surface area contributed by atoms with Crippen LogP contribution in [0.2, 0.25) is 0 Å². The Labute approximate surface area is 108 Å². The summed E-state index contributed by atoms with van der Waals surface area (Å²) in [6, 6.07) is 4.19. The minimum absolute atomic E-state index is 0.961. The van der Waals surface area contributed by atoms with E-state index < -0.39 is 0 Å². The third kappa shape index (κ3) is 2.40. The molecule has 96 valence electrons. The van der Waals surface area contributed by atoms with Crippen LogP contribution < -0.4 is 5.32 Å². The van der Waals surface area contributed by atoms with Crippen molar-refractivity contribution in [3.63, 3.8) is 0 Å². The number of nitrogens with zero attached hydrogens (tertiary/aromatic N) is 3. The van der Waals surface area contributed by atoms with E-state index in [1.54, 1.807) is 0 Å². The van der Waals surface area contributed by atoms with Crippen LogP contribution in [0.25, 0.3) is 5.65 Å². The highest BCUT2D eigenvalue weighted by molar-refractivity contribution is 5.47. The van der Waals surface area contributed by atoms with Crippen molar-refractivity contribution in [2.45, 2.75) is 19.9 Å². The number of hydrogen-bond acceptors (Lipinski definition) is 3. The molecule has 1 aliphatic rings. The lowest BCUT2D eigenvalue weighted by Gasteiger charge is -2.17. The van der Waals surface area contributed by atoms with Crippen LogP contribution in [0.1, 0.15) is 17.7 Å². The minimum atomic E-state index is 0.961. The van der Waals surface area contributed by atoms with Crippen molar-refractivity contribution in [2.75, 3.05) is 26.2 Å². The van der Waals surface area contributed by atoms with E-state index in [0.717, 1.165) is 31.8 Å². The fourth-order valence-corrected chi connectivity index (χ4v) is 2.57. The molecule has 4 heteroatoms. The predicted octanol–water partition coefficient (Wildman–Crippen LogP) is 1.44. The molecule has 2 aromatic heterocycles. The molecule has 2 aromatic rings. The number of nitrogens with one attached hydrogen (secondary N) is 1. The van der Waals surface area contributed by atoms with Gasteiger partial charge in [-0.25, -0.2) is 4.98 Å². The molecule has 4 nitrogen and oxygen atoms in total. The first kappa shape index (κ1) is 11.7. The van der Waals surface area contributed by atoms with Gasteiger partial charge in [-0.05, 0) is 38.1 Å². The first-order chi connectivity index (χ1) is 8.83. The van der Waals surface area contributed by atoms with Crippen LogP contribution in [0.5, 0.6) is 0 Å². The Morgan fingerprint density at radius 2 is 2.28 bits per heavy atom. The van der Waals surface area contributed by atoms with Gasteiger partial charge in [0.1, 0.15) is 5.65 Å². The molecule has 0 radical (unpaired) electrons. The average Bonchev–Trinajstić information content (AvgIpc) is 2.60. The topological polar surface area (TPSA) is 32.6 Å². The van der Waals surface area contributed by atoms with E-state index in [-0.39, 0.29) is 0 Å². The Bertz CT molecular complexity index is 524. The fourth-order valence-electron chi connectivity index (χ4n) is 2.57. The maximum atomic E-state index is 4.74. The summed E-state index contributed by atoms with van der Waals surface area (Å²) in [6.07, 6.45) is 5.45. The molecule has 18 heavy (non-hydrogen) atoms. The lowest BCUT2D eigenvalue weighted by molar-refractivity contribution is 0.281. The molecule has 0 unspecified atom stereocenters. The Morgan fingerprint density at radius 3 is 3.17 bits per heavy atom. The molecule has 1 saturated heterocycles. The predicted molar refractivity (Wildman–Crippen MR) is 72.7 cm³/mol. The molecule has 0 aromatic carbocycles. The lowest BCUT2D eigenvalue weighted by Crippen LogP contribution is -2.27. The number of imidazole rings is 1. The van der Waals surface area contributed by atoms with Crippen LogP contribution in [-0.4, -0.2) is 40.5 Å². The zero-order valence-electron chi connectivity index (χ0n) is 10.9. The van der Waals surface area contributed by atoms with Crippen molar-refractivity contribution < 1.29 is 0 Å². The fraction of sp³-hybridized carbons (Fsp3) is 0.500. The van der Waals surface area contributed by atoms with Crippen molar-refractivity contribution >= 4 is 5.65 Å². The molecule has 3 rings (SSSR count). The lowest BCUT2D eigenvalue weighted by atomic mass is 10.3. The van der Waals surface area contributed by atoms with Gasteiger partial charge in [0.15, 0.2) is 0 Å². The van der Waals surface area contributed by atoms with Gasteiger partial charge in [0.25, 0.3) is 0 Å². The Balaban J connectivity index is 1.79. The summed E-state index contributed by atoms with van der Waals surface area (Å²) in [5.41, 5.74) is 3.49. The van der Waals surface area contributed by atoms with Gasteiger partial charge in [-0.15, -0.1) is 0 Å². The normalized spacial score (nSPS) is 18.1. The number of hydrogen-bond donors (Lipinski definition) is 1. The number of rotatable bonds is 2. The highest BCUT2D eigenvalue weighted by Gasteiger charge is 2.11. The van der Waals surface area contributed by atoms with Crippen molar-refractivity contribution in [3.05, 3.63) is 35.8 Å². The maximum Gasteiger partial charge on any atom is 0.139 e. The van der Waals surface area contributed by atoms with E-state index in [0.29, 0.717) is 0 Å². The summed E-state index contributed by atoms with van der Waals surface area (Å²) < 4.78 is 2.13. The Hall–Kier alpha value is -1.39. The van der Waals surface area contributed by atoms with Gasteiger partial charge >= 0.3 is 0 Å². The highest BCUT2D eigenvalue weighted by atomic mass is 15.2. The van der Waals surface area contributed by atoms with E-state index in [4.69, 9.17) is 4.98 Å². The molecule has 1 aliphatic heterocycles. The smallest absolute Gasteiger partial charge is 0.139 e. The van der Waals surface area contributed by atoms with Crippen LogP contribution >= 0.6 is 0 Å². The van der Waals surface area contributed by atoms with Crippen molar-refractivity contribution in [1.29, 1.82) is 0 Å². The van der Waals surface area contributed by atoms with Gasteiger partial charge in [0.05, 0.1) is 5.69 Å². The minimum Gasteiger partial charge on any atom is -0.315 e. The molecule has 0 atom stereocenters. The molecule has 0 bridgehead atoms. The van der Waals surface area contributed by atoms with Gasteiger partial charge < -0.3 is 9.72 Å². The molecular formula is C14H20N4. The van der Waals surface area contributed by atoms with Crippen molar-refractivity contribution in [2.24, 2.45) is 0 Å². The zero-order valence-corrected chi connectivity index (χ0v) is 10.9. The van der Waals surface area contributed by atoms with Crippen LogP contribution in [0.15, 0.2) is 24.5 Å². The summed E-state index contributed by atoms with van der Waals surface area (Å²) in [5, 5.41) is 3.43. The molecule has 0 saturated carbocycles. The van der Waals surface area contributed by atoms with Crippen LogP contribution in [-0.2, 0) is 6.54 Å². The first-order valence-corrected chi connectivity index (χ1v) is 6.69. The van der Waals surface area contributed by atoms with E-state index in [1.165, 1.54) is 24.2 Å². The SMILES string of the molecule is Cc1cccn2cc(CN3CCCNCC3)nc12. The first-order valence-electron chi connectivity index (χ1n) is 6.69. The zero-order chi connectivity index (χ0) is 12.4. The monoisotopic (exact) mass is 244 g/mol. The van der Waals surface area contributed by atoms with Gasteiger partial charge in [-0.3, -0.25) is 4.90 Å². The second-order valence-corrected chi connectivity index (χ2v) is 5.03. The standard InChI is InChI=1S/C14H20N4/c1-12-4-2-8-18-11-13(16-14(12)18)10-17-7-3-5-15-6-9-17/h2,4,8,11,15H,3,5-7,9-10H2,1H3. The molecule has 1 N–H and O–H groups in total. The summed E-state index contributed by atoms with van der Waals surface area (Å²) in [4.78, 5) is 7.22. The number of aromatic nitrogens is 2. The molecule has 0 spiro atoms. The van der Waals surface area contributed by atoms with Crippen LogP contribution in [0.4, 0.5) is 0 Å². The molecular weight excluding hydrogens is 224 g/mol. The van der Waals surface area contributed by atoms with Crippen LogP contribution in [0, 0.1) is 6.92 Å².